The number of nitrogens with one attached hydrogen (secondary N) is 1. The van der Waals surface area contributed by atoms with E-state index in [0.29, 0.717) is 6.04 Å². The highest BCUT2D eigenvalue weighted by Crippen LogP contribution is 2.27. The van der Waals surface area contributed by atoms with Gasteiger partial charge in [0, 0.05) is 31.5 Å². The first-order chi connectivity index (χ1) is 8.86. The van der Waals surface area contributed by atoms with E-state index in [9.17, 15) is 0 Å². The molecule has 1 aromatic rings. The lowest BCUT2D eigenvalue weighted by atomic mass is 9.84. The summed E-state index contributed by atoms with van der Waals surface area (Å²) in [5.74, 6) is 2.08. The average molecular weight is 248 g/mol. The molecule has 4 heteroatoms. The highest BCUT2D eigenvalue weighted by molar-refractivity contribution is 4.95. The predicted octanol–water partition coefficient (Wildman–Crippen LogP) is 1.48. The van der Waals surface area contributed by atoms with Crippen LogP contribution in [0, 0.1) is 5.92 Å². The monoisotopic (exact) mass is 248 g/mol. The van der Waals surface area contributed by atoms with E-state index in [1.807, 2.05) is 6.20 Å². The molecular formula is C14H24N4. The van der Waals surface area contributed by atoms with E-state index in [4.69, 9.17) is 0 Å². The fraction of sp³-hybridized carbons (Fsp3) is 0.786. The minimum absolute atomic E-state index is 0.680. The van der Waals surface area contributed by atoms with Gasteiger partial charge >= 0.3 is 0 Å². The van der Waals surface area contributed by atoms with Gasteiger partial charge in [0.2, 0.25) is 0 Å². The molecule has 3 saturated heterocycles. The van der Waals surface area contributed by atoms with E-state index in [1.165, 1.54) is 44.7 Å². The Morgan fingerprint density at radius 1 is 1.39 bits per heavy atom. The summed E-state index contributed by atoms with van der Waals surface area (Å²) in [6.07, 6.45) is 7.94. The van der Waals surface area contributed by atoms with E-state index in [-0.39, 0.29) is 0 Å². The molecule has 4 nitrogen and oxygen atoms in total. The van der Waals surface area contributed by atoms with Gasteiger partial charge in [-0.1, -0.05) is 6.92 Å². The molecule has 100 valence electrons. The highest BCUT2D eigenvalue weighted by atomic mass is 15.2. The Bertz CT molecular complexity index is 379. The van der Waals surface area contributed by atoms with Crippen LogP contribution in [-0.4, -0.2) is 40.1 Å². The van der Waals surface area contributed by atoms with Gasteiger partial charge in [-0.05, 0) is 38.3 Å². The van der Waals surface area contributed by atoms with Crippen LogP contribution in [0.3, 0.4) is 0 Å². The van der Waals surface area contributed by atoms with Crippen molar-refractivity contribution in [2.45, 2.75) is 45.3 Å². The number of imidazole rings is 1. The van der Waals surface area contributed by atoms with Gasteiger partial charge < -0.3 is 14.8 Å². The molecule has 3 aliphatic rings. The third-order valence-electron chi connectivity index (χ3n) is 4.44. The molecular weight excluding hydrogens is 224 g/mol. The van der Waals surface area contributed by atoms with Crippen LogP contribution in [0.4, 0.5) is 0 Å². The molecule has 4 heterocycles. The summed E-state index contributed by atoms with van der Waals surface area (Å²) >= 11 is 0. The van der Waals surface area contributed by atoms with Crippen LogP contribution < -0.4 is 5.32 Å². The summed E-state index contributed by atoms with van der Waals surface area (Å²) in [5, 5.41) is 3.73. The zero-order valence-electron chi connectivity index (χ0n) is 11.3. The molecule has 0 amide bonds. The van der Waals surface area contributed by atoms with Gasteiger partial charge in [-0.15, -0.1) is 0 Å². The average Bonchev–Trinajstić information content (AvgIpc) is 2.86. The molecule has 1 aromatic heterocycles. The summed E-state index contributed by atoms with van der Waals surface area (Å²) in [5.41, 5.74) is 0. The van der Waals surface area contributed by atoms with Crippen LogP contribution in [0.5, 0.6) is 0 Å². The quantitative estimate of drug-likeness (QED) is 0.857. The van der Waals surface area contributed by atoms with Crippen molar-refractivity contribution in [1.29, 1.82) is 0 Å². The topological polar surface area (TPSA) is 33.1 Å². The van der Waals surface area contributed by atoms with Crippen LogP contribution in [0.15, 0.2) is 12.4 Å². The van der Waals surface area contributed by atoms with Gasteiger partial charge in [-0.25, -0.2) is 4.98 Å². The van der Waals surface area contributed by atoms with Gasteiger partial charge in [-0.3, -0.25) is 0 Å². The molecule has 1 atom stereocenters. The van der Waals surface area contributed by atoms with Crippen molar-refractivity contribution in [2.24, 2.45) is 5.92 Å². The van der Waals surface area contributed by atoms with Crippen molar-refractivity contribution in [3.63, 3.8) is 0 Å². The molecule has 1 unspecified atom stereocenters. The summed E-state index contributed by atoms with van der Waals surface area (Å²) in [6.45, 7) is 8.07. The molecule has 0 radical (unpaired) electrons. The van der Waals surface area contributed by atoms with Crippen molar-refractivity contribution in [1.82, 2.24) is 19.8 Å². The van der Waals surface area contributed by atoms with E-state index in [0.717, 1.165) is 19.0 Å². The number of hydrogen-bond acceptors (Lipinski definition) is 3. The Morgan fingerprint density at radius 3 is 2.89 bits per heavy atom. The summed E-state index contributed by atoms with van der Waals surface area (Å²) in [4.78, 5) is 7.06. The Labute approximate surface area is 109 Å². The van der Waals surface area contributed by atoms with E-state index >= 15 is 0 Å². The number of rotatable bonds is 5. The first-order valence-electron chi connectivity index (χ1n) is 7.32. The molecule has 18 heavy (non-hydrogen) atoms. The molecule has 4 rings (SSSR count). The smallest absolute Gasteiger partial charge is 0.122 e. The Balaban J connectivity index is 1.56. The lowest BCUT2D eigenvalue weighted by molar-refractivity contribution is 0.0715. The molecule has 2 bridgehead atoms. The maximum Gasteiger partial charge on any atom is 0.122 e. The Kier molecular flexibility index (Phi) is 3.66. The number of piperidine rings is 3. The molecule has 0 spiro atoms. The SMILES string of the molecule is CCCn1ccnc1CNC1CN2CCC1CC2. The van der Waals surface area contributed by atoms with Crippen molar-refractivity contribution in [3.8, 4) is 0 Å². The largest absolute Gasteiger partial charge is 0.334 e. The summed E-state index contributed by atoms with van der Waals surface area (Å²) in [6, 6.07) is 0.680. The normalized spacial score (nSPS) is 30.8. The van der Waals surface area contributed by atoms with Gasteiger partial charge in [0.25, 0.3) is 0 Å². The minimum Gasteiger partial charge on any atom is -0.334 e. The molecule has 3 fully saturated rings. The minimum atomic E-state index is 0.680. The van der Waals surface area contributed by atoms with E-state index in [2.05, 4.69) is 32.9 Å². The van der Waals surface area contributed by atoms with Gasteiger partial charge in [0.1, 0.15) is 5.82 Å². The first-order valence-corrected chi connectivity index (χ1v) is 7.32. The standard InChI is InChI=1S/C14H24N4/c1-2-6-18-9-5-15-14(18)10-16-13-11-17-7-3-12(13)4-8-17/h5,9,12-13,16H,2-4,6-8,10-11H2,1H3. The molecule has 1 N–H and O–H groups in total. The summed E-state index contributed by atoms with van der Waals surface area (Å²) < 4.78 is 2.27. The van der Waals surface area contributed by atoms with E-state index in [1.54, 1.807) is 0 Å². The fourth-order valence-corrected chi connectivity index (χ4v) is 3.37. The summed E-state index contributed by atoms with van der Waals surface area (Å²) in [7, 11) is 0. The highest BCUT2D eigenvalue weighted by Gasteiger charge is 2.33. The lowest BCUT2D eigenvalue weighted by Gasteiger charge is -2.45. The molecule has 0 saturated carbocycles. The van der Waals surface area contributed by atoms with Crippen molar-refractivity contribution < 1.29 is 0 Å². The number of nitrogens with zero attached hydrogens (tertiary/aromatic N) is 3. The Hall–Kier alpha value is -0.870. The van der Waals surface area contributed by atoms with Crippen LogP contribution in [0.2, 0.25) is 0 Å². The van der Waals surface area contributed by atoms with E-state index < -0.39 is 0 Å². The zero-order chi connectivity index (χ0) is 12.4. The molecule has 0 aliphatic carbocycles. The number of aromatic nitrogens is 2. The van der Waals surface area contributed by atoms with Crippen LogP contribution >= 0.6 is 0 Å². The van der Waals surface area contributed by atoms with Gasteiger partial charge in [-0.2, -0.15) is 0 Å². The zero-order valence-corrected chi connectivity index (χ0v) is 11.3. The maximum atomic E-state index is 4.47. The molecule has 3 aliphatic heterocycles. The first kappa shape index (κ1) is 12.2. The number of hydrogen-bond donors (Lipinski definition) is 1. The van der Waals surface area contributed by atoms with Crippen LogP contribution in [0.25, 0.3) is 0 Å². The second-order valence-corrected chi connectivity index (χ2v) is 5.66. The third kappa shape index (κ3) is 2.45. The fourth-order valence-electron chi connectivity index (χ4n) is 3.37. The molecule has 0 aromatic carbocycles. The van der Waals surface area contributed by atoms with Crippen molar-refractivity contribution in [2.75, 3.05) is 19.6 Å². The second-order valence-electron chi connectivity index (χ2n) is 5.66. The third-order valence-corrected chi connectivity index (χ3v) is 4.44. The van der Waals surface area contributed by atoms with Crippen molar-refractivity contribution >= 4 is 0 Å². The van der Waals surface area contributed by atoms with Gasteiger partial charge in [0.15, 0.2) is 0 Å². The van der Waals surface area contributed by atoms with Gasteiger partial charge in [0.05, 0.1) is 6.54 Å². The second kappa shape index (κ2) is 5.41. The predicted molar refractivity (Wildman–Crippen MR) is 72.3 cm³/mol. The number of aryl methyl sites for hydroxylation is 1. The Morgan fingerprint density at radius 2 is 2.22 bits per heavy atom. The van der Waals surface area contributed by atoms with Crippen LogP contribution in [-0.2, 0) is 13.1 Å². The lowest BCUT2D eigenvalue weighted by Crippen LogP contribution is -2.55. The van der Waals surface area contributed by atoms with Crippen LogP contribution in [0.1, 0.15) is 32.0 Å². The maximum absolute atomic E-state index is 4.47. The van der Waals surface area contributed by atoms with Crippen molar-refractivity contribution in [3.05, 3.63) is 18.2 Å². The number of fused-ring (bicyclic) bond motifs is 3.